The molecular weight excluding hydrogens is 308 g/mol. The summed E-state index contributed by atoms with van der Waals surface area (Å²) in [6.45, 7) is 2.96. The molecule has 1 aromatic carbocycles. The fourth-order valence-corrected chi connectivity index (χ4v) is 3.26. The molecule has 0 saturated heterocycles. The van der Waals surface area contributed by atoms with Crippen LogP contribution in [0.25, 0.3) is 6.08 Å². The van der Waals surface area contributed by atoms with Crippen LogP contribution >= 0.6 is 11.3 Å². The minimum absolute atomic E-state index is 0.0868. The fourth-order valence-electron chi connectivity index (χ4n) is 2.63. The SMILES string of the molecule is CC(=O)N1CCc2ccc(NC(=O)/C=C/c3ccsc3)cc2C1. The monoisotopic (exact) mass is 326 g/mol. The maximum atomic E-state index is 12.0. The van der Waals surface area contributed by atoms with Gasteiger partial charge in [-0.1, -0.05) is 6.07 Å². The number of nitrogens with zero attached hydrogens (tertiary/aromatic N) is 1. The lowest BCUT2D eigenvalue weighted by atomic mass is 9.99. The number of hydrogen-bond donors (Lipinski definition) is 1. The third kappa shape index (κ3) is 3.87. The molecule has 118 valence electrons. The second-order valence-corrected chi connectivity index (χ2v) is 6.33. The highest BCUT2D eigenvalue weighted by atomic mass is 32.1. The van der Waals surface area contributed by atoms with Crippen molar-refractivity contribution in [2.75, 3.05) is 11.9 Å². The van der Waals surface area contributed by atoms with Gasteiger partial charge >= 0.3 is 0 Å². The van der Waals surface area contributed by atoms with Gasteiger partial charge in [0.15, 0.2) is 0 Å². The number of benzene rings is 1. The lowest BCUT2D eigenvalue weighted by Gasteiger charge is -2.28. The van der Waals surface area contributed by atoms with Crippen molar-refractivity contribution in [3.63, 3.8) is 0 Å². The van der Waals surface area contributed by atoms with Crippen molar-refractivity contribution in [2.45, 2.75) is 19.9 Å². The summed E-state index contributed by atoms with van der Waals surface area (Å²) in [5.74, 6) is -0.0702. The Hall–Kier alpha value is -2.40. The Morgan fingerprint density at radius 1 is 1.26 bits per heavy atom. The Bertz CT molecular complexity index is 750. The van der Waals surface area contributed by atoms with Crippen LogP contribution in [0.2, 0.25) is 0 Å². The van der Waals surface area contributed by atoms with E-state index in [0.717, 1.165) is 29.8 Å². The van der Waals surface area contributed by atoms with E-state index in [1.807, 2.05) is 39.9 Å². The summed E-state index contributed by atoms with van der Waals surface area (Å²) in [5, 5.41) is 6.83. The van der Waals surface area contributed by atoms with Crippen LogP contribution in [0.3, 0.4) is 0 Å². The molecule has 2 heterocycles. The molecular formula is C18H18N2O2S. The highest BCUT2D eigenvalue weighted by Crippen LogP contribution is 2.22. The Morgan fingerprint density at radius 2 is 2.13 bits per heavy atom. The van der Waals surface area contributed by atoms with E-state index in [9.17, 15) is 9.59 Å². The molecule has 0 atom stereocenters. The smallest absolute Gasteiger partial charge is 0.248 e. The van der Waals surface area contributed by atoms with E-state index >= 15 is 0 Å². The summed E-state index contributed by atoms with van der Waals surface area (Å²) in [5.41, 5.74) is 4.13. The van der Waals surface area contributed by atoms with Gasteiger partial charge in [-0.05, 0) is 58.1 Å². The van der Waals surface area contributed by atoms with Gasteiger partial charge in [-0.3, -0.25) is 9.59 Å². The van der Waals surface area contributed by atoms with Crippen LogP contribution in [0.15, 0.2) is 41.1 Å². The van der Waals surface area contributed by atoms with Crippen LogP contribution in [0, 0.1) is 0 Å². The molecule has 0 spiro atoms. The summed E-state index contributed by atoms with van der Waals surface area (Å²) in [6, 6.07) is 7.87. The molecule has 2 amide bonds. The minimum atomic E-state index is -0.157. The van der Waals surface area contributed by atoms with Crippen molar-refractivity contribution in [3.8, 4) is 0 Å². The molecule has 23 heavy (non-hydrogen) atoms. The second kappa shape index (κ2) is 6.79. The van der Waals surface area contributed by atoms with Crippen molar-refractivity contribution >= 4 is 34.9 Å². The molecule has 0 aliphatic carbocycles. The standard InChI is InChI=1S/C18H18N2O2S/c1-13(21)20-8-6-15-3-4-17(10-16(15)11-20)19-18(22)5-2-14-7-9-23-12-14/h2-5,7,9-10,12H,6,8,11H2,1H3,(H,19,22)/b5-2+. The Balaban J connectivity index is 1.68. The first-order valence-electron chi connectivity index (χ1n) is 7.50. The number of carbonyl (C=O) groups is 2. The van der Waals surface area contributed by atoms with E-state index in [4.69, 9.17) is 0 Å². The van der Waals surface area contributed by atoms with Gasteiger partial charge in [0, 0.05) is 31.8 Å². The second-order valence-electron chi connectivity index (χ2n) is 5.55. The molecule has 4 nitrogen and oxygen atoms in total. The highest BCUT2D eigenvalue weighted by Gasteiger charge is 2.18. The first kappa shape index (κ1) is 15.5. The Morgan fingerprint density at radius 3 is 2.87 bits per heavy atom. The van der Waals surface area contributed by atoms with Crippen molar-refractivity contribution < 1.29 is 9.59 Å². The molecule has 0 unspecified atom stereocenters. The summed E-state index contributed by atoms with van der Waals surface area (Å²) >= 11 is 1.60. The van der Waals surface area contributed by atoms with Crippen LogP contribution < -0.4 is 5.32 Å². The van der Waals surface area contributed by atoms with Crippen LogP contribution in [0.5, 0.6) is 0 Å². The zero-order chi connectivity index (χ0) is 16.2. The third-order valence-electron chi connectivity index (χ3n) is 3.90. The Labute approximate surface area is 139 Å². The highest BCUT2D eigenvalue weighted by molar-refractivity contribution is 7.08. The van der Waals surface area contributed by atoms with Gasteiger partial charge in [0.05, 0.1) is 0 Å². The van der Waals surface area contributed by atoms with Crippen molar-refractivity contribution in [1.82, 2.24) is 4.90 Å². The average Bonchev–Trinajstić information content (AvgIpc) is 3.05. The van der Waals surface area contributed by atoms with Gasteiger partial charge in [-0.25, -0.2) is 0 Å². The molecule has 3 rings (SSSR count). The predicted molar refractivity (Wildman–Crippen MR) is 93.2 cm³/mol. The topological polar surface area (TPSA) is 49.4 Å². The largest absolute Gasteiger partial charge is 0.338 e. The number of thiophene rings is 1. The van der Waals surface area contributed by atoms with Crippen molar-refractivity contribution in [1.29, 1.82) is 0 Å². The number of anilines is 1. The zero-order valence-electron chi connectivity index (χ0n) is 12.9. The Kier molecular flexibility index (Phi) is 4.57. The number of fused-ring (bicyclic) bond motifs is 1. The van der Waals surface area contributed by atoms with E-state index in [0.29, 0.717) is 6.54 Å². The number of nitrogens with one attached hydrogen (secondary N) is 1. The first-order chi connectivity index (χ1) is 11.1. The van der Waals surface area contributed by atoms with Gasteiger partial charge in [0.25, 0.3) is 0 Å². The third-order valence-corrected chi connectivity index (χ3v) is 4.60. The minimum Gasteiger partial charge on any atom is -0.338 e. The van der Waals surface area contributed by atoms with Gasteiger partial charge < -0.3 is 10.2 Å². The lowest BCUT2D eigenvalue weighted by molar-refractivity contribution is -0.129. The molecule has 1 aliphatic heterocycles. The summed E-state index contributed by atoms with van der Waals surface area (Å²) in [6.07, 6.45) is 4.19. The maximum absolute atomic E-state index is 12.0. The first-order valence-corrected chi connectivity index (χ1v) is 8.45. The molecule has 0 fully saturated rings. The van der Waals surface area contributed by atoms with Crippen LogP contribution in [0.4, 0.5) is 5.69 Å². The van der Waals surface area contributed by atoms with Gasteiger partial charge in [-0.15, -0.1) is 0 Å². The molecule has 0 bridgehead atoms. The number of hydrogen-bond acceptors (Lipinski definition) is 3. The molecule has 5 heteroatoms. The van der Waals surface area contributed by atoms with Crippen LogP contribution in [0.1, 0.15) is 23.6 Å². The number of amides is 2. The molecule has 2 aromatic rings. The zero-order valence-corrected chi connectivity index (χ0v) is 13.7. The summed E-state index contributed by atoms with van der Waals surface area (Å²) in [4.78, 5) is 25.3. The predicted octanol–water partition coefficient (Wildman–Crippen LogP) is 3.30. The van der Waals surface area contributed by atoms with Crippen molar-refractivity contribution in [2.24, 2.45) is 0 Å². The molecule has 1 aliphatic rings. The van der Waals surface area contributed by atoms with Gasteiger partial charge in [0.2, 0.25) is 11.8 Å². The molecule has 1 N–H and O–H groups in total. The van der Waals surface area contributed by atoms with Crippen LogP contribution in [-0.4, -0.2) is 23.3 Å². The molecule has 0 radical (unpaired) electrons. The van der Waals surface area contributed by atoms with E-state index in [-0.39, 0.29) is 11.8 Å². The van der Waals surface area contributed by atoms with E-state index < -0.39 is 0 Å². The van der Waals surface area contributed by atoms with Crippen LogP contribution in [-0.2, 0) is 22.6 Å². The quantitative estimate of drug-likeness (QED) is 0.880. The number of rotatable bonds is 3. The summed E-state index contributed by atoms with van der Waals surface area (Å²) < 4.78 is 0. The molecule has 1 aromatic heterocycles. The fraction of sp³-hybridized carbons (Fsp3) is 0.222. The van der Waals surface area contributed by atoms with Gasteiger partial charge in [-0.2, -0.15) is 11.3 Å². The number of carbonyl (C=O) groups excluding carboxylic acids is 2. The normalized spacial score (nSPS) is 13.9. The van der Waals surface area contributed by atoms with E-state index in [1.54, 1.807) is 24.3 Å². The van der Waals surface area contributed by atoms with Crippen molar-refractivity contribution in [3.05, 3.63) is 57.8 Å². The summed E-state index contributed by atoms with van der Waals surface area (Å²) in [7, 11) is 0. The lowest BCUT2D eigenvalue weighted by Crippen LogP contribution is -2.34. The van der Waals surface area contributed by atoms with E-state index in [1.165, 1.54) is 11.6 Å². The van der Waals surface area contributed by atoms with E-state index in [2.05, 4.69) is 5.32 Å². The molecule has 0 saturated carbocycles. The maximum Gasteiger partial charge on any atom is 0.248 e. The average molecular weight is 326 g/mol. The van der Waals surface area contributed by atoms with Gasteiger partial charge in [0.1, 0.15) is 0 Å².